The molecule has 30 heavy (non-hydrogen) atoms. The van der Waals surface area contributed by atoms with Crippen LogP contribution in [0.15, 0.2) is 48.8 Å². The normalized spacial score (nSPS) is 11.5. The van der Waals surface area contributed by atoms with Crippen molar-refractivity contribution in [2.75, 3.05) is 7.11 Å². The first kappa shape index (κ1) is 18.4. The Morgan fingerprint density at radius 3 is 2.47 bits per heavy atom. The number of rotatable bonds is 3. The monoisotopic (exact) mass is 397 g/mol. The number of ether oxygens (including phenoxy) is 1. The van der Waals surface area contributed by atoms with E-state index in [0.29, 0.717) is 5.82 Å². The van der Waals surface area contributed by atoms with E-state index in [-0.39, 0.29) is 0 Å². The van der Waals surface area contributed by atoms with Crippen LogP contribution in [0.25, 0.3) is 33.8 Å². The number of fused-ring (bicyclic) bond motifs is 3. The number of hydrogen-bond acceptors (Lipinski definition) is 4. The Kier molecular flexibility index (Phi) is 4.10. The summed E-state index contributed by atoms with van der Waals surface area (Å²) in [7, 11) is 1.66. The molecule has 0 N–H and O–H groups in total. The van der Waals surface area contributed by atoms with E-state index in [4.69, 9.17) is 14.7 Å². The average Bonchev–Trinajstić information content (AvgIpc) is 3.29. The Morgan fingerprint density at radius 1 is 0.900 bits per heavy atom. The van der Waals surface area contributed by atoms with Crippen LogP contribution < -0.4 is 4.74 Å². The molecule has 0 aliphatic carbocycles. The van der Waals surface area contributed by atoms with E-state index in [2.05, 4.69) is 55.6 Å². The van der Waals surface area contributed by atoms with Crippen LogP contribution in [0.5, 0.6) is 5.75 Å². The number of aromatic nitrogens is 5. The summed E-state index contributed by atoms with van der Waals surface area (Å²) in [5.74, 6) is 1.37. The third-order valence-electron chi connectivity index (χ3n) is 5.93. The van der Waals surface area contributed by atoms with Gasteiger partial charge >= 0.3 is 0 Å². The van der Waals surface area contributed by atoms with Crippen molar-refractivity contribution in [1.82, 2.24) is 24.1 Å². The second kappa shape index (κ2) is 6.69. The first-order valence-corrected chi connectivity index (χ1v) is 9.93. The molecule has 0 radical (unpaired) electrons. The Hall–Kier alpha value is -3.67. The Balaban J connectivity index is 1.79. The van der Waals surface area contributed by atoms with Gasteiger partial charge in [0.15, 0.2) is 17.1 Å². The third kappa shape index (κ3) is 2.60. The van der Waals surface area contributed by atoms with E-state index in [1.54, 1.807) is 18.0 Å². The Labute approximate surface area is 174 Å². The topological polar surface area (TPSA) is 57.2 Å². The largest absolute Gasteiger partial charge is 0.496 e. The molecular weight excluding hydrogens is 374 g/mol. The molecule has 6 heteroatoms. The fraction of sp³-hybridized carbons (Fsp3) is 0.208. The van der Waals surface area contributed by atoms with Crippen molar-refractivity contribution in [3.63, 3.8) is 0 Å². The van der Waals surface area contributed by atoms with Gasteiger partial charge in [-0.25, -0.2) is 14.5 Å². The molecule has 0 aliphatic rings. The van der Waals surface area contributed by atoms with Crippen molar-refractivity contribution in [3.05, 3.63) is 71.2 Å². The van der Waals surface area contributed by atoms with Gasteiger partial charge < -0.3 is 4.74 Å². The zero-order chi connectivity index (χ0) is 21.0. The van der Waals surface area contributed by atoms with E-state index in [9.17, 15) is 0 Å². The van der Waals surface area contributed by atoms with Crippen LogP contribution in [0.4, 0.5) is 0 Å². The molecule has 0 unspecified atom stereocenters. The van der Waals surface area contributed by atoms with Crippen molar-refractivity contribution in [1.29, 1.82) is 0 Å². The maximum Gasteiger partial charge on any atom is 0.185 e. The molecule has 3 heterocycles. The molecular formula is C24H23N5O. The highest BCUT2D eigenvalue weighted by Crippen LogP contribution is 2.32. The average molecular weight is 397 g/mol. The van der Waals surface area contributed by atoms with Gasteiger partial charge in [0.25, 0.3) is 0 Å². The summed E-state index contributed by atoms with van der Waals surface area (Å²) in [6.45, 7) is 8.51. The van der Waals surface area contributed by atoms with Crippen molar-refractivity contribution in [2.45, 2.75) is 27.7 Å². The van der Waals surface area contributed by atoms with Crippen LogP contribution in [-0.4, -0.2) is 31.3 Å². The zero-order valence-corrected chi connectivity index (χ0v) is 17.8. The molecule has 0 bridgehead atoms. The smallest absolute Gasteiger partial charge is 0.185 e. The van der Waals surface area contributed by atoms with Crippen molar-refractivity contribution >= 4 is 16.7 Å². The van der Waals surface area contributed by atoms with Crippen LogP contribution in [0.2, 0.25) is 0 Å². The highest BCUT2D eigenvalue weighted by Gasteiger charge is 2.20. The quantitative estimate of drug-likeness (QED) is 0.431. The summed E-state index contributed by atoms with van der Waals surface area (Å²) >= 11 is 0. The van der Waals surface area contributed by atoms with E-state index in [1.165, 1.54) is 11.1 Å². The van der Waals surface area contributed by atoms with Crippen LogP contribution in [0.1, 0.15) is 22.4 Å². The second-order valence-corrected chi connectivity index (χ2v) is 7.66. The standard InChI is InChI=1S/C24H23N5O/c1-14-10-11-18(12-15(14)2)29-17(4)16(3)21-23(29)25-13-28-24(21)26-22(27-28)19-8-6-7-9-20(19)30-5/h6-13H,1-5H3. The number of methoxy groups -OCH3 is 1. The number of para-hydroxylation sites is 1. The van der Waals surface area contributed by atoms with Crippen LogP contribution in [0, 0.1) is 27.7 Å². The zero-order valence-electron chi connectivity index (χ0n) is 17.8. The minimum absolute atomic E-state index is 0.623. The van der Waals surface area contributed by atoms with Gasteiger partial charge in [-0.15, -0.1) is 5.10 Å². The highest BCUT2D eigenvalue weighted by molar-refractivity contribution is 5.95. The molecule has 3 aromatic heterocycles. The maximum atomic E-state index is 5.50. The van der Waals surface area contributed by atoms with Crippen molar-refractivity contribution < 1.29 is 4.74 Å². The maximum absolute atomic E-state index is 5.50. The van der Waals surface area contributed by atoms with Gasteiger partial charge in [0, 0.05) is 11.4 Å². The highest BCUT2D eigenvalue weighted by atomic mass is 16.5. The summed E-state index contributed by atoms with van der Waals surface area (Å²) in [5.41, 5.74) is 8.49. The molecule has 0 saturated carbocycles. The molecule has 6 nitrogen and oxygen atoms in total. The van der Waals surface area contributed by atoms with E-state index in [0.717, 1.165) is 44.9 Å². The molecule has 5 rings (SSSR count). The Bertz CT molecular complexity index is 1430. The lowest BCUT2D eigenvalue weighted by atomic mass is 10.1. The summed E-state index contributed by atoms with van der Waals surface area (Å²) in [6, 6.07) is 14.3. The first-order chi connectivity index (χ1) is 14.5. The summed E-state index contributed by atoms with van der Waals surface area (Å²) in [5, 5.41) is 5.69. The molecule has 2 aromatic carbocycles. The molecule has 150 valence electrons. The van der Waals surface area contributed by atoms with Gasteiger partial charge in [0.1, 0.15) is 12.1 Å². The first-order valence-electron chi connectivity index (χ1n) is 9.93. The molecule has 0 atom stereocenters. The molecule has 0 amide bonds. The molecule has 0 spiro atoms. The number of hydrogen-bond donors (Lipinski definition) is 0. The SMILES string of the molecule is COc1ccccc1-c1nc2c3c(C)c(C)n(-c4ccc(C)c(C)c4)c3ncn2n1. The summed E-state index contributed by atoms with van der Waals surface area (Å²) < 4.78 is 9.45. The van der Waals surface area contributed by atoms with Gasteiger partial charge in [0.2, 0.25) is 0 Å². The van der Waals surface area contributed by atoms with Crippen LogP contribution in [0.3, 0.4) is 0 Å². The lowest BCUT2D eigenvalue weighted by Crippen LogP contribution is -2.00. The van der Waals surface area contributed by atoms with Crippen molar-refractivity contribution in [3.8, 4) is 22.8 Å². The van der Waals surface area contributed by atoms with E-state index in [1.807, 2.05) is 24.3 Å². The molecule has 0 saturated heterocycles. The van der Waals surface area contributed by atoms with Gasteiger partial charge in [0.05, 0.1) is 18.1 Å². The van der Waals surface area contributed by atoms with Gasteiger partial charge in [-0.1, -0.05) is 18.2 Å². The fourth-order valence-electron chi connectivity index (χ4n) is 3.98. The minimum Gasteiger partial charge on any atom is -0.496 e. The second-order valence-electron chi connectivity index (χ2n) is 7.66. The van der Waals surface area contributed by atoms with Gasteiger partial charge in [-0.3, -0.25) is 4.57 Å². The molecule has 5 aromatic rings. The molecule has 0 fully saturated rings. The predicted octanol–water partition coefficient (Wildman–Crippen LogP) is 4.98. The third-order valence-corrected chi connectivity index (χ3v) is 5.93. The predicted molar refractivity (Wildman–Crippen MR) is 119 cm³/mol. The Morgan fingerprint density at radius 2 is 1.70 bits per heavy atom. The lowest BCUT2D eigenvalue weighted by molar-refractivity contribution is 0.416. The minimum atomic E-state index is 0.623. The van der Waals surface area contributed by atoms with Crippen LogP contribution >= 0.6 is 0 Å². The number of nitrogens with zero attached hydrogens (tertiary/aromatic N) is 5. The van der Waals surface area contributed by atoms with E-state index >= 15 is 0 Å². The van der Waals surface area contributed by atoms with Gasteiger partial charge in [-0.05, 0) is 68.7 Å². The lowest BCUT2D eigenvalue weighted by Gasteiger charge is -2.10. The summed E-state index contributed by atoms with van der Waals surface area (Å²) in [6.07, 6.45) is 1.74. The number of benzene rings is 2. The van der Waals surface area contributed by atoms with Crippen LogP contribution in [-0.2, 0) is 0 Å². The summed E-state index contributed by atoms with van der Waals surface area (Å²) in [4.78, 5) is 9.64. The molecule has 0 aliphatic heterocycles. The van der Waals surface area contributed by atoms with E-state index < -0.39 is 0 Å². The van der Waals surface area contributed by atoms with Crippen molar-refractivity contribution in [2.24, 2.45) is 0 Å². The van der Waals surface area contributed by atoms with Gasteiger partial charge in [-0.2, -0.15) is 0 Å². The number of aryl methyl sites for hydroxylation is 3. The fourth-order valence-corrected chi connectivity index (χ4v) is 3.98.